The molecule has 2 aromatic carbocycles. The van der Waals surface area contributed by atoms with Crippen molar-refractivity contribution in [3.8, 4) is 11.5 Å². The maximum absolute atomic E-state index is 11.9. The lowest BCUT2D eigenvalue weighted by molar-refractivity contribution is -0.120. The zero-order chi connectivity index (χ0) is 18.1. The Hall–Kier alpha value is -2.60. The van der Waals surface area contributed by atoms with Crippen molar-refractivity contribution >= 4 is 28.1 Å². The van der Waals surface area contributed by atoms with E-state index < -0.39 is 0 Å². The summed E-state index contributed by atoms with van der Waals surface area (Å²) in [5.41, 5.74) is 4.22. The van der Waals surface area contributed by atoms with Crippen molar-refractivity contribution in [3.05, 3.63) is 70.7 Å². The van der Waals surface area contributed by atoms with Crippen LogP contribution in [-0.2, 0) is 11.2 Å². The van der Waals surface area contributed by atoms with Gasteiger partial charge in [-0.1, -0.05) is 40.7 Å². The lowest BCUT2D eigenvalue weighted by atomic mass is 10.1. The van der Waals surface area contributed by atoms with Gasteiger partial charge in [-0.3, -0.25) is 4.79 Å². The van der Waals surface area contributed by atoms with Gasteiger partial charge < -0.3 is 9.47 Å². The monoisotopic (exact) mass is 402 g/mol. The summed E-state index contributed by atoms with van der Waals surface area (Å²) >= 11 is 3.36. The van der Waals surface area contributed by atoms with Gasteiger partial charge in [-0.2, -0.15) is 5.10 Å². The number of carbonyl (C=O) groups is 1. The number of hydrazone groups is 1. The number of hydrogen-bond acceptors (Lipinski definition) is 4. The Balaban J connectivity index is 1.93. The molecule has 0 unspecified atom stereocenters. The maximum atomic E-state index is 11.9. The minimum absolute atomic E-state index is 0.184. The second kappa shape index (κ2) is 9.64. The lowest BCUT2D eigenvalue weighted by Crippen LogP contribution is -2.19. The second-order valence-electron chi connectivity index (χ2n) is 5.11. The van der Waals surface area contributed by atoms with E-state index in [-0.39, 0.29) is 12.3 Å². The Bertz CT molecular complexity index is 758. The van der Waals surface area contributed by atoms with Crippen LogP contribution in [0.4, 0.5) is 0 Å². The van der Waals surface area contributed by atoms with E-state index in [1.54, 1.807) is 31.5 Å². The highest BCUT2D eigenvalue weighted by molar-refractivity contribution is 9.10. The summed E-state index contributed by atoms with van der Waals surface area (Å²) in [4.78, 5) is 11.9. The summed E-state index contributed by atoms with van der Waals surface area (Å²) in [6.07, 6.45) is 3.48. The average Bonchev–Trinajstić information content (AvgIpc) is 2.62. The molecule has 25 heavy (non-hydrogen) atoms. The van der Waals surface area contributed by atoms with Gasteiger partial charge in [0.05, 0.1) is 19.7 Å². The third kappa shape index (κ3) is 6.08. The van der Waals surface area contributed by atoms with E-state index in [1.165, 1.54) is 0 Å². The van der Waals surface area contributed by atoms with Gasteiger partial charge in [0.2, 0.25) is 5.91 Å². The van der Waals surface area contributed by atoms with Gasteiger partial charge in [-0.25, -0.2) is 5.43 Å². The Morgan fingerprint density at radius 2 is 2.00 bits per heavy atom. The van der Waals surface area contributed by atoms with E-state index in [4.69, 9.17) is 9.47 Å². The smallest absolute Gasteiger partial charge is 0.244 e. The zero-order valence-electron chi connectivity index (χ0n) is 13.9. The number of methoxy groups -OCH3 is 1. The Morgan fingerprint density at radius 1 is 1.24 bits per heavy atom. The van der Waals surface area contributed by atoms with Crippen LogP contribution in [-0.4, -0.2) is 25.8 Å². The summed E-state index contributed by atoms with van der Waals surface area (Å²) in [6.45, 7) is 4.01. The number of nitrogens with one attached hydrogen (secondary N) is 1. The molecule has 0 aromatic heterocycles. The number of benzene rings is 2. The van der Waals surface area contributed by atoms with Gasteiger partial charge in [0, 0.05) is 4.47 Å². The van der Waals surface area contributed by atoms with Crippen molar-refractivity contribution in [2.75, 3.05) is 13.7 Å². The van der Waals surface area contributed by atoms with E-state index in [0.29, 0.717) is 18.1 Å². The molecule has 2 aromatic rings. The molecule has 0 radical (unpaired) electrons. The van der Waals surface area contributed by atoms with Gasteiger partial charge in [0.25, 0.3) is 0 Å². The number of nitrogens with zero attached hydrogens (tertiary/aromatic N) is 1. The van der Waals surface area contributed by atoms with E-state index in [9.17, 15) is 4.79 Å². The van der Waals surface area contributed by atoms with Gasteiger partial charge >= 0.3 is 0 Å². The average molecular weight is 403 g/mol. The van der Waals surface area contributed by atoms with Gasteiger partial charge in [-0.05, 0) is 41.5 Å². The highest BCUT2D eigenvalue weighted by atomic mass is 79.9. The lowest BCUT2D eigenvalue weighted by Gasteiger charge is -2.09. The highest BCUT2D eigenvalue weighted by Gasteiger charge is 2.05. The van der Waals surface area contributed by atoms with Crippen molar-refractivity contribution in [2.24, 2.45) is 5.10 Å². The predicted octanol–water partition coefficient (Wildman–Crippen LogP) is 3.72. The predicted molar refractivity (Wildman–Crippen MR) is 102 cm³/mol. The number of ether oxygens (including phenoxy) is 2. The molecule has 0 fully saturated rings. The summed E-state index contributed by atoms with van der Waals surface area (Å²) in [6, 6.07) is 13.0. The summed E-state index contributed by atoms with van der Waals surface area (Å²) in [5, 5.41) is 3.98. The van der Waals surface area contributed by atoms with Crippen LogP contribution in [0.1, 0.15) is 11.1 Å². The maximum Gasteiger partial charge on any atom is 0.244 e. The van der Waals surface area contributed by atoms with Crippen LogP contribution in [0, 0.1) is 0 Å². The number of halogens is 1. The first-order chi connectivity index (χ1) is 12.1. The van der Waals surface area contributed by atoms with Crippen LogP contribution in [0.15, 0.2) is 64.7 Å². The molecule has 0 aliphatic carbocycles. The van der Waals surface area contributed by atoms with Crippen molar-refractivity contribution in [2.45, 2.75) is 6.42 Å². The Labute approximate surface area is 155 Å². The first kappa shape index (κ1) is 18.7. The molecule has 1 N–H and O–H groups in total. The van der Waals surface area contributed by atoms with Crippen molar-refractivity contribution in [3.63, 3.8) is 0 Å². The quantitative estimate of drug-likeness (QED) is 0.415. The molecule has 0 saturated heterocycles. The van der Waals surface area contributed by atoms with Gasteiger partial charge in [0.1, 0.15) is 6.61 Å². The number of carbonyl (C=O) groups excluding carboxylic acids is 1. The minimum atomic E-state index is -0.184. The third-order valence-electron chi connectivity index (χ3n) is 3.23. The number of rotatable bonds is 8. The van der Waals surface area contributed by atoms with Crippen molar-refractivity contribution in [1.29, 1.82) is 0 Å². The van der Waals surface area contributed by atoms with Crippen LogP contribution in [0.2, 0.25) is 0 Å². The van der Waals surface area contributed by atoms with Gasteiger partial charge in [0.15, 0.2) is 11.5 Å². The fourth-order valence-electron chi connectivity index (χ4n) is 2.04. The first-order valence-electron chi connectivity index (χ1n) is 7.60. The van der Waals surface area contributed by atoms with E-state index >= 15 is 0 Å². The Morgan fingerprint density at radius 3 is 2.68 bits per heavy atom. The first-order valence-corrected chi connectivity index (χ1v) is 8.39. The number of hydrogen-bond donors (Lipinski definition) is 1. The topological polar surface area (TPSA) is 59.9 Å². The molecule has 0 atom stereocenters. The van der Waals surface area contributed by atoms with Crippen molar-refractivity contribution in [1.82, 2.24) is 5.43 Å². The highest BCUT2D eigenvalue weighted by Crippen LogP contribution is 2.27. The van der Waals surface area contributed by atoms with E-state index in [0.717, 1.165) is 15.6 Å². The molecule has 2 rings (SSSR count). The molecule has 0 saturated carbocycles. The van der Waals surface area contributed by atoms with Gasteiger partial charge in [-0.15, -0.1) is 0 Å². The summed E-state index contributed by atoms with van der Waals surface area (Å²) < 4.78 is 11.8. The van der Waals surface area contributed by atoms with Crippen LogP contribution < -0.4 is 14.9 Å². The third-order valence-corrected chi connectivity index (χ3v) is 3.75. The molecule has 5 nitrogen and oxygen atoms in total. The molecule has 1 amide bonds. The van der Waals surface area contributed by atoms with E-state index in [2.05, 4.69) is 33.0 Å². The molecule has 0 aliphatic heterocycles. The molecular weight excluding hydrogens is 384 g/mol. The summed E-state index contributed by atoms with van der Waals surface area (Å²) in [7, 11) is 1.57. The zero-order valence-corrected chi connectivity index (χ0v) is 15.5. The summed E-state index contributed by atoms with van der Waals surface area (Å²) in [5.74, 6) is 1.03. The van der Waals surface area contributed by atoms with Crippen LogP contribution in [0.25, 0.3) is 0 Å². The fraction of sp³-hybridized carbons (Fsp3) is 0.158. The SMILES string of the molecule is C=CCOc1ccc(/C=N\NC(=O)Cc2ccc(Br)cc2)cc1OC. The molecule has 0 heterocycles. The molecule has 6 heteroatoms. The van der Waals surface area contributed by atoms with Crippen molar-refractivity contribution < 1.29 is 14.3 Å². The second-order valence-corrected chi connectivity index (χ2v) is 6.02. The minimum Gasteiger partial charge on any atom is -0.493 e. The fourth-order valence-corrected chi connectivity index (χ4v) is 2.30. The van der Waals surface area contributed by atoms with E-state index in [1.807, 2.05) is 30.3 Å². The standard InChI is InChI=1S/C19H19BrN2O3/c1-3-10-25-17-9-6-15(11-18(17)24-2)13-21-22-19(23)12-14-4-7-16(20)8-5-14/h3-9,11,13H,1,10,12H2,2H3,(H,22,23)/b21-13-. The molecule has 0 aliphatic rings. The number of amides is 1. The Kier molecular flexibility index (Phi) is 7.22. The normalized spacial score (nSPS) is 10.5. The largest absolute Gasteiger partial charge is 0.493 e. The van der Waals surface area contributed by atoms with Crippen LogP contribution >= 0.6 is 15.9 Å². The molecule has 0 bridgehead atoms. The van der Waals surface area contributed by atoms with Crippen LogP contribution in [0.3, 0.4) is 0 Å². The molecule has 130 valence electrons. The molecular formula is C19H19BrN2O3. The molecule has 0 spiro atoms. The van der Waals surface area contributed by atoms with Crippen LogP contribution in [0.5, 0.6) is 11.5 Å².